The number of hydrogen-bond donors (Lipinski definition) is 2. The summed E-state index contributed by atoms with van der Waals surface area (Å²) in [5, 5.41) is 0.842. The molecule has 2 heterocycles. The van der Waals surface area contributed by atoms with Gasteiger partial charge in [-0.1, -0.05) is 30.3 Å². The molecule has 0 unspecified atom stereocenters. The second kappa shape index (κ2) is 4.70. The van der Waals surface area contributed by atoms with Crippen molar-refractivity contribution in [3.63, 3.8) is 0 Å². The molecular formula is C18H12N2O2. The van der Waals surface area contributed by atoms with E-state index in [4.69, 9.17) is 0 Å². The summed E-state index contributed by atoms with van der Waals surface area (Å²) in [7, 11) is 0. The zero-order chi connectivity index (χ0) is 15.1. The van der Waals surface area contributed by atoms with E-state index >= 15 is 0 Å². The number of rotatable bonds is 2. The first-order valence-electron chi connectivity index (χ1n) is 6.95. The van der Waals surface area contributed by atoms with Crippen molar-refractivity contribution in [1.29, 1.82) is 0 Å². The van der Waals surface area contributed by atoms with Crippen molar-refractivity contribution in [2.24, 2.45) is 0 Å². The second-order valence-corrected chi connectivity index (χ2v) is 5.21. The maximum Gasteiger partial charge on any atom is 0.249 e. The largest absolute Gasteiger partial charge is 0.353 e. The van der Waals surface area contributed by atoms with Gasteiger partial charge in [-0.3, -0.25) is 9.59 Å². The molecule has 0 fully saturated rings. The summed E-state index contributed by atoms with van der Waals surface area (Å²) in [6.45, 7) is 0. The first kappa shape index (κ1) is 12.6. The van der Waals surface area contributed by atoms with Crippen LogP contribution in [0.15, 0.2) is 59.4 Å². The zero-order valence-corrected chi connectivity index (χ0v) is 11.6. The molecule has 2 aromatic heterocycles. The van der Waals surface area contributed by atoms with Crippen molar-refractivity contribution in [3.05, 3.63) is 70.5 Å². The monoisotopic (exact) mass is 288 g/mol. The van der Waals surface area contributed by atoms with Crippen LogP contribution < -0.4 is 5.56 Å². The smallest absolute Gasteiger partial charge is 0.249 e. The van der Waals surface area contributed by atoms with Gasteiger partial charge in [-0.25, -0.2) is 0 Å². The Morgan fingerprint density at radius 1 is 0.864 bits per heavy atom. The van der Waals surface area contributed by atoms with Crippen LogP contribution in [0.25, 0.3) is 33.1 Å². The van der Waals surface area contributed by atoms with Gasteiger partial charge in [0.1, 0.15) is 6.29 Å². The molecular weight excluding hydrogens is 276 g/mol. The van der Waals surface area contributed by atoms with Crippen LogP contribution in [0.2, 0.25) is 0 Å². The fourth-order valence-corrected chi connectivity index (χ4v) is 2.82. The Labute approximate surface area is 125 Å². The standard InChI is InChI=1S/C18H12N2O2/c21-10-11-6-7-15-14(8-11)18-17(19-15)13(9-16(22)20-18)12-4-2-1-3-5-12/h1-10,19H,(H,20,22). The number of fused-ring (bicyclic) bond motifs is 3. The van der Waals surface area contributed by atoms with E-state index < -0.39 is 0 Å². The van der Waals surface area contributed by atoms with Gasteiger partial charge in [-0.15, -0.1) is 0 Å². The zero-order valence-electron chi connectivity index (χ0n) is 11.6. The predicted molar refractivity (Wildman–Crippen MR) is 87.2 cm³/mol. The minimum Gasteiger partial charge on any atom is -0.353 e. The van der Waals surface area contributed by atoms with E-state index in [2.05, 4.69) is 9.97 Å². The summed E-state index contributed by atoms with van der Waals surface area (Å²) < 4.78 is 0. The number of carbonyl (C=O) groups is 1. The number of aldehydes is 1. The average molecular weight is 288 g/mol. The summed E-state index contributed by atoms with van der Waals surface area (Å²) >= 11 is 0. The van der Waals surface area contributed by atoms with Crippen molar-refractivity contribution in [2.75, 3.05) is 0 Å². The lowest BCUT2D eigenvalue weighted by atomic mass is 10.1. The number of benzene rings is 2. The highest BCUT2D eigenvalue weighted by Crippen LogP contribution is 2.30. The first-order chi connectivity index (χ1) is 10.8. The SMILES string of the molecule is O=Cc1ccc2[nH]c3c(-c4ccccc4)cc(=O)[nH]c3c2c1. The van der Waals surface area contributed by atoms with E-state index in [1.165, 1.54) is 0 Å². The van der Waals surface area contributed by atoms with Gasteiger partial charge in [0, 0.05) is 28.1 Å². The van der Waals surface area contributed by atoms with Crippen molar-refractivity contribution >= 4 is 28.2 Å². The summed E-state index contributed by atoms with van der Waals surface area (Å²) in [6, 6.07) is 16.7. The van der Waals surface area contributed by atoms with Gasteiger partial charge < -0.3 is 9.97 Å². The average Bonchev–Trinajstić information content (AvgIpc) is 2.92. The molecule has 0 radical (unpaired) electrons. The Morgan fingerprint density at radius 3 is 2.45 bits per heavy atom. The molecule has 0 aliphatic heterocycles. The molecule has 2 aromatic carbocycles. The third kappa shape index (κ3) is 1.85. The van der Waals surface area contributed by atoms with Gasteiger partial charge in [-0.2, -0.15) is 0 Å². The van der Waals surface area contributed by atoms with Crippen molar-refractivity contribution in [2.45, 2.75) is 0 Å². The molecule has 0 aliphatic carbocycles. The van der Waals surface area contributed by atoms with Crippen LogP contribution in [0.1, 0.15) is 10.4 Å². The minimum atomic E-state index is -0.163. The fourth-order valence-electron chi connectivity index (χ4n) is 2.82. The lowest BCUT2D eigenvalue weighted by Gasteiger charge is -2.02. The molecule has 0 aliphatic rings. The molecule has 0 bridgehead atoms. The van der Waals surface area contributed by atoms with E-state index in [9.17, 15) is 9.59 Å². The number of carbonyl (C=O) groups excluding carboxylic acids is 1. The Kier molecular flexibility index (Phi) is 2.69. The number of H-pyrrole nitrogens is 2. The molecule has 4 rings (SSSR count). The first-order valence-corrected chi connectivity index (χ1v) is 6.95. The molecule has 4 aromatic rings. The number of aromatic nitrogens is 2. The molecule has 0 saturated carbocycles. The van der Waals surface area contributed by atoms with Crippen molar-refractivity contribution < 1.29 is 4.79 Å². The molecule has 4 heteroatoms. The van der Waals surface area contributed by atoms with Crippen LogP contribution in [0, 0.1) is 0 Å². The summed E-state index contributed by atoms with van der Waals surface area (Å²) in [5.41, 5.74) is 4.72. The van der Waals surface area contributed by atoms with Gasteiger partial charge in [0.2, 0.25) is 5.56 Å². The van der Waals surface area contributed by atoms with Crippen LogP contribution in [0.5, 0.6) is 0 Å². The maximum atomic E-state index is 12.0. The molecule has 0 saturated heterocycles. The van der Waals surface area contributed by atoms with Gasteiger partial charge in [0.15, 0.2) is 0 Å². The quantitative estimate of drug-likeness (QED) is 0.554. The predicted octanol–water partition coefficient (Wildman–Crippen LogP) is 3.49. The lowest BCUT2D eigenvalue weighted by molar-refractivity contribution is 0.112. The third-order valence-electron chi connectivity index (χ3n) is 3.84. The molecule has 2 N–H and O–H groups in total. The highest BCUT2D eigenvalue weighted by molar-refractivity contribution is 6.10. The fraction of sp³-hybridized carbons (Fsp3) is 0. The number of pyridine rings is 1. The molecule has 0 spiro atoms. The molecule has 4 nitrogen and oxygen atoms in total. The minimum absolute atomic E-state index is 0.163. The Hall–Kier alpha value is -3.14. The highest BCUT2D eigenvalue weighted by Gasteiger charge is 2.11. The van der Waals surface area contributed by atoms with Crippen LogP contribution in [-0.4, -0.2) is 16.3 Å². The van der Waals surface area contributed by atoms with Gasteiger partial charge in [0.25, 0.3) is 0 Å². The van der Waals surface area contributed by atoms with Crippen LogP contribution in [-0.2, 0) is 0 Å². The Balaban J connectivity index is 2.15. The van der Waals surface area contributed by atoms with Crippen LogP contribution in [0.3, 0.4) is 0 Å². The number of hydrogen-bond acceptors (Lipinski definition) is 2. The Morgan fingerprint density at radius 2 is 1.68 bits per heavy atom. The molecule has 0 amide bonds. The van der Waals surface area contributed by atoms with Crippen LogP contribution >= 0.6 is 0 Å². The number of aromatic amines is 2. The van der Waals surface area contributed by atoms with Crippen molar-refractivity contribution in [3.8, 4) is 11.1 Å². The molecule has 0 atom stereocenters. The Bertz CT molecular complexity index is 1060. The summed E-state index contributed by atoms with van der Waals surface area (Å²) in [4.78, 5) is 29.2. The van der Waals surface area contributed by atoms with Gasteiger partial charge >= 0.3 is 0 Å². The topological polar surface area (TPSA) is 65.7 Å². The molecule has 106 valence electrons. The summed E-state index contributed by atoms with van der Waals surface area (Å²) in [6.07, 6.45) is 0.803. The van der Waals surface area contributed by atoms with Crippen LogP contribution in [0.4, 0.5) is 0 Å². The van der Waals surface area contributed by atoms with E-state index in [1.807, 2.05) is 36.4 Å². The lowest BCUT2D eigenvalue weighted by Crippen LogP contribution is -2.04. The van der Waals surface area contributed by atoms with Gasteiger partial charge in [-0.05, 0) is 23.8 Å². The third-order valence-corrected chi connectivity index (χ3v) is 3.84. The normalized spacial score (nSPS) is 11.1. The van der Waals surface area contributed by atoms with Gasteiger partial charge in [0.05, 0.1) is 11.0 Å². The van der Waals surface area contributed by atoms with E-state index in [1.54, 1.807) is 18.2 Å². The van der Waals surface area contributed by atoms with E-state index in [0.29, 0.717) is 5.56 Å². The summed E-state index contributed by atoms with van der Waals surface area (Å²) in [5.74, 6) is 0. The van der Waals surface area contributed by atoms with E-state index in [-0.39, 0.29) is 5.56 Å². The highest BCUT2D eigenvalue weighted by atomic mass is 16.1. The number of nitrogens with one attached hydrogen (secondary N) is 2. The molecule has 22 heavy (non-hydrogen) atoms. The second-order valence-electron chi connectivity index (χ2n) is 5.21. The van der Waals surface area contributed by atoms with E-state index in [0.717, 1.165) is 39.3 Å². The maximum absolute atomic E-state index is 12.0. The van der Waals surface area contributed by atoms with Crippen molar-refractivity contribution in [1.82, 2.24) is 9.97 Å².